The third-order valence-corrected chi connectivity index (χ3v) is 4.00. The Balaban J connectivity index is 2.53. The number of carbonyl (C=O) groups is 1. The molecule has 0 bridgehead atoms. The monoisotopic (exact) mass is 335 g/mol. The SMILES string of the molecule is CCN(CC)C(=O)C(c1ccccc1)c1cccc(C(F)(F)F)c1. The number of alkyl halides is 3. The van der Waals surface area contributed by atoms with Gasteiger partial charge in [0.1, 0.15) is 0 Å². The maximum atomic E-state index is 13.0. The summed E-state index contributed by atoms with van der Waals surface area (Å²) in [5.41, 5.74) is 0.301. The summed E-state index contributed by atoms with van der Waals surface area (Å²) in [6.07, 6.45) is -4.44. The fourth-order valence-corrected chi connectivity index (χ4v) is 2.74. The number of nitrogens with zero attached hydrogens (tertiary/aromatic N) is 1. The zero-order valence-electron chi connectivity index (χ0n) is 13.7. The molecule has 5 heteroatoms. The van der Waals surface area contributed by atoms with Gasteiger partial charge in [-0.15, -0.1) is 0 Å². The summed E-state index contributed by atoms with van der Waals surface area (Å²) < 4.78 is 39.1. The van der Waals surface area contributed by atoms with Crippen molar-refractivity contribution in [3.63, 3.8) is 0 Å². The van der Waals surface area contributed by atoms with Crippen molar-refractivity contribution >= 4 is 5.91 Å². The Bertz CT molecular complexity index is 679. The summed E-state index contributed by atoms with van der Waals surface area (Å²) in [7, 11) is 0. The van der Waals surface area contributed by atoms with E-state index in [4.69, 9.17) is 0 Å². The summed E-state index contributed by atoms with van der Waals surface area (Å²) >= 11 is 0. The fraction of sp³-hybridized carbons (Fsp3) is 0.316. The van der Waals surface area contributed by atoms with Gasteiger partial charge in [0, 0.05) is 13.1 Å². The molecule has 0 aliphatic carbocycles. The molecule has 0 fully saturated rings. The quantitative estimate of drug-likeness (QED) is 0.775. The number of carbonyl (C=O) groups excluding carboxylic acids is 1. The largest absolute Gasteiger partial charge is 0.416 e. The number of benzene rings is 2. The third kappa shape index (κ3) is 3.96. The maximum absolute atomic E-state index is 13.0. The van der Waals surface area contributed by atoms with Gasteiger partial charge in [-0.05, 0) is 31.0 Å². The normalized spacial score (nSPS) is 12.7. The van der Waals surface area contributed by atoms with E-state index in [9.17, 15) is 18.0 Å². The van der Waals surface area contributed by atoms with Crippen LogP contribution in [0.3, 0.4) is 0 Å². The molecule has 1 amide bonds. The molecule has 0 N–H and O–H groups in total. The van der Waals surface area contributed by atoms with Gasteiger partial charge in [-0.2, -0.15) is 13.2 Å². The minimum Gasteiger partial charge on any atom is -0.342 e. The number of hydrogen-bond donors (Lipinski definition) is 0. The average Bonchev–Trinajstić information content (AvgIpc) is 2.57. The van der Waals surface area contributed by atoms with Crippen LogP contribution in [0.1, 0.15) is 36.5 Å². The number of likely N-dealkylation sites (N-methyl/N-ethyl adjacent to an activating group) is 1. The van der Waals surface area contributed by atoms with Gasteiger partial charge in [0.05, 0.1) is 11.5 Å². The molecule has 2 nitrogen and oxygen atoms in total. The van der Waals surface area contributed by atoms with Crippen LogP contribution in [-0.2, 0) is 11.0 Å². The Morgan fingerprint density at radius 3 is 2.08 bits per heavy atom. The summed E-state index contributed by atoms with van der Waals surface area (Å²) in [6, 6.07) is 13.9. The van der Waals surface area contributed by atoms with E-state index in [2.05, 4.69) is 0 Å². The van der Waals surface area contributed by atoms with Crippen molar-refractivity contribution in [3.05, 3.63) is 71.3 Å². The van der Waals surface area contributed by atoms with Crippen molar-refractivity contribution in [2.45, 2.75) is 25.9 Å². The second-order valence-electron chi connectivity index (χ2n) is 5.48. The predicted molar refractivity (Wildman–Crippen MR) is 87.7 cm³/mol. The van der Waals surface area contributed by atoms with E-state index in [-0.39, 0.29) is 5.91 Å². The molecule has 0 saturated carbocycles. The molecule has 1 atom stereocenters. The van der Waals surface area contributed by atoms with E-state index in [0.717, 1.165) is 12.1 Å². The molecular formula is C19H20F3NO. The third-order valence-electron chi connectivity index (χ3n) is 4.00. The lowest BCUT2D eigenvalue weighted by molar-refractivity contribution is -0.138. The van der Waals surface area contributed by atoms with Crippen LogP contribution in [0.4, 0.5) is 13.2 Å². The van der Waals surface area contributed by atoms with Gasteiger partial charge in [-0.1, -0.05) is 48.5 Å². The molecule has 2 aromatic rings. The number of halogens is 3. The number of rotatable bonds is 5. The molecule has 2 rings (SSSR count). The molecular weight excluding hydrogens is 315 g/mol. The lowest BCUT2D eigenvalue weighted by Gasteiger charge is -2.26. The van der Waals surface area contributed by atoms with Gasteiger partial charge in [0.2, 0.25) is 5.91 Å². The van der Waals surface area contributed by atoms with Gasteiger partial charge in [0.15, 0.2) is 0 Å². The van der Waals surface area contributed by atoms with Gasteiger partial charge in [-0.25, -0.2) is 0 Å². The summed E-state index contributed by atoms with van der Waals surface area (Å²) in [5.74, 6) is -0.932. The van der Waals surface area contributed by atoms with Gasteiger partial charge >= 0.3 is 6.18 Å². The van der Waals surface area contributed by atoms with Crippen molar-refractivity contribution in [2.24, 2.45) is 0 Å². The van der Waals surface area contributed by atoms with Gasteiger partial charge in [-0.3, -0.25) is 4.79 Å². The molecule has 1 unspecified atom stereocenters. The van der Waals surface area contributed by atoms with Crippen molar-refractivity contribution in [1.29, 1.82) is 0 Å². The molecule has 0 spiro atoms. The van der Waals surface area contributed by atoms with Gasteiger partial charge < -0.3 is 4.90 Å². The highest BCUT2D eigenvalue weighted by molar-refractivity contribution is 5.87. The molecule has 0 saturated heterocycles. The van der Waals surface area contributed by atoms with Crippen molar-refractivity contribution < 1.29 is 18.0 Å². The van der Waals surface area contributed by atoms with E-state index in [0.29, 0.717) is 24.2 Å². The second kappa shape index (κ2) is 7.51. The van der Waals surface area contributed by atoms with Crippen LogP contribution in [0.15, 0.2) is 54.6 Å². The topological polar surface area (TPSA) is 20.3 Å². The molecule has 0 heterocycles. The van der Waals surface area contributed by atoms with E-state index < -0.39 is 17.7 Å². The Labute approximate surface area is 139 Å². The minimum absolute atomic E-state index is 0.189. The molecule has 0 radical (unpaired) electrons. The predicted octanol–water partition coefficient (Wildman–Crippen LogP) is 4.71. The van der Waals surface area contributed by atoms with Crippen LogP contribution >= 0.6 is 0 Å². The zero-order valence-corrected chi connectivity index (χ0v) is 13.7. The van der Waals surface area contributed by atoms with Crippen molar-refractivity contribution in [2.75, 3.05) is 13.1 Å². The Morgan fingerprint density at radius 1 is 0.958 bits per heavy atom. The minimum atomic E-state index is -4.44. The molecule has 0 aliphatic rings. The number of hydrogen-bond acceptors (Lipinski definition) is 1. The molecule has 128 valence electrons. The second-order valence-corrected chi connectivity index (χ2v) is 5.48. The molecule has 24 heavy (non-hydrogen) atoms. The molecule has 0 aromatic heterocycles. The smallest absolute Gasteiger partial charge is 0.342 e. The Hall–Kier alpha value is -2.30. The lowest BCUT2D eigenvalue weighted by atomic mass is 9.89. The highest BCUT2D eigenvalue weighted by atomic mass is 19.4. The first-order valence-electron chi connectivity index (χ1n) is 7.89. The molecule has 0 aliphatic heterocycles. The van der Waals surface area contributed by atoms with Crippen molar-refractivity contribution in [1.82, 2.24) is 4.90 Å². The van der Waals surface area contributed by atoms with Crippen LogP contribution in [0.2, 0.25) is 0 Å². The standard InChI is InChI=1S/C19H20F3NO/c1-3-23(4-2)18(24)17(14-9-6-5-7-10-14)15-11-8-12-16(13-15)19(20,21)22/h5-13,17H,3-4H2,1-2H3. The van der Waals surface area contributed by atoms with E-state index in [1.54, 1.807) is 35.2 Å². The first kappa shape index (κ1) is 18.0. The zero-order chi connectivity index (χ0) is 17.7. The maximum Gasteiger partial charge on any atom is 0.416 e. The van der Waals surface area contributed by atoms with Crippen LogP contribution in [0, 0.1) is 0 Å². The van der Waals surface area contributed by atoms with Crippen LogP contribution in [0.25, 0.3) is 0 Å². The summed E-state index contributed by atoms with van der Waals surface area (Å²) in [6.45, 7) is 4.74. The van der Waals surface area contributed by atoms with E-state index in [1.165, 1.54) is 6.07 Å². The van der Waals surface area contributed by atoms with Gasteiger partial charge in [0.25, 0.3) is 0 Å². The Morgan fingerprint density at radius 2 is 1.54 bits per heavy atom. The van der Waals surface area contributed by atoms with Crippen LogP contribution < -0.4 is 0 Å². The van der Waals surface area contributed by atoms with E-state index >= 15 is 0 Å². The Kier molecular flexibility index (Phi) is 5.65. The highest BCUT2D eigenvalue weighted by Crippen LogP contribution is 2.33. The number of amides is 1. The van der Waals surface area contributed by atoms with Crippen LogP contribution in [-0.4, -0.2) is 23.9 Å². The highest BCUT2D eigenvalue weighted by Gasteiger charge is 2.33. The fourth-order valence-electron chi connectivity index (χ4n) is 2.74. The van der Waals surface area contributed by atoms with Crippen LogP contribution in [0.5, 0.6) is 0 Å². The lowest BCUT2D eigenvalue weighted by Crippen LogP contribution is -2.35. The van der Waals surface area contributed by atoms with Crippen molar-refractivity contribution in [3.8, 4) is 0 Å². The first-order valence-corrected chi connectivity index (χ1v) is 7.89. The van der Waals surface area contributed by atoms with E-state index in [1.807, 2.05) is 19.9 Å². The first-order chi connectivity index (χ1) is 11.4. The summed E-state index contributed by atoms with van der Waals surface area (Å²) in [4.78, 5) is 14.5. The average molecular weight is 335 g/mol. The summed E-state index contributed by atoms with van der Waals surface area (Å²) in [5, 5.41) is 0. The molecule has 2 aromatic carbocycles.